The number of carboxylic acid groups (broad SMARTS) is 1. The summed E-state index contributed by atoms with van der Waals surface area (Å²) in [7, 11) is 1.38. The number of ether oxygens (including phenoxy) is 1. The summed E-state index contributed by atoms with van der Waals surface area (Å²) in [6.07, 6.45) is -0.127. The molecule has 0 fully saturated rings. The minimum Gasteiger partial charge on any atom is -0.495 e. The molecule has 21 heavy (non-hydrogen) atoms. The van der Waals surface area contributed by atoms with Crippen molar-refractivity contribution in [3.8, 4) is 5.75 Å². The number of rotatable bonds is 7. The minimum absolute atomic E-state index is 0.00184. The van der Waals surface area contributed by atoms with E-state index in [2.05, 4.69) is 5.32 Å². The molecule has 0 aromatic heterocycles. The Bertz CT molecular complexity index is 558. The van der Waals surface area contributed by atoms with Gasteiger partial charge in [0.25, 0.3) is 5.69 Å². The maximum absolute atomic E-state index is 11.8. The number of methoxy groups -OCH3 is 1. The lowest BCUT2D eigenvalue weighted by Crippen LogP contribution is -2.17. The van der Waals surface area contributed by atoms with Gasteiger partial charge in [-0.15, -0.1) is 0 Å². The lowest BCUT2D eigenvalue weighted by Gasteiger charge is -2.12. The molecule has 0 aliphatic heterocycles. The molecule has 0 aliphatic carbocycles. The Labute approximate surface area is 120 Å². The van der Waals surface area contributed by atoms with Crippen molar-refractivity contribution in [2.75, 3.05) is 12.4 Å². The van der Waals surface area contributed by atoms with Crippen LogP contribution in [0.1, 0.15) is 19.8 Å². The Hall–Kier alpha value is -2.64. The fraction of sp³-hybridized carbons (Fsp3) is 0.385. The highest BCUT2D eigenvalue weighted by atomic mass is 16.6. The van der Waals surface area contributed by atoms with Gasteiger partial charge in [0.05, 0.1) is 17.7 Å². The molecule has 114 valence electrons. The molecule has 0 saturated carbocycles. The van der Waals surface area contributed by atoms with Gasteiger partial charge in [-0.3, -0.25) is 19.7 Å². The Balaban J connectivity index is 2.80. The summed E-state index contributed by atoms with van der Waals surface area (Å²) in [6, 6.07) is 3.84. The summed E-state index contributed by atoms with van der Waals surface area (Å²) in [5.41, 5.74) is 0.00362. The zero-order valence-electron chi connectivity index (χ0n) is 11.7. The van der Waals surface area contributed by atoms with E-state index in [1.165, 1.54) is 25.3 Å². The molecule has 1 atom stereocenters. The van der Waals surface area contributed by atoms with Gasteiger partial charge in [-0.1, -0.05) is 6.92 Å². The van der Waals surface area contributed by atoms with E-state index in [9.17, 15) is 19.7 Å². The number of non-ortho nitro benzene ring substituents is 1. The number of nitro benzene ring substituents is 1. The van der Waals surface area contributed by atoms with Crippen LogP contribution in [0.3, 0.4) is 0 Å². The van der Waals surface area contributed by atoms with Crippen LogP contribution in [0.5, 0.6) is 5.75 Å². The average Bonchev–Trinajstić information content (AvgIpc) is 2.37. The Morgan fingerprint density at radius 2 is 2.10 bits per heavy atom. The summed E-state index contributed by atoms with van der Waals surface area (Å²) in [6.45, 7) is 1.64. The van der Waals surface area contributed by atoms with Crippen LogP contribution in [-0.2, 0) is 9.59 Å². The van der Waals surface area contributed by atoms with E-state index in [1.54, 1.807) is 6.92 Å². The van der Waals surface area contributed by atoms with Crippen LogP contribution in [-0.4, -0.2) is 29.0 Å². The quantitative estimate of drug-likeness (QED) is 0.587. The maximum Gasteiger partial charge on any atom is 0.303 e. The smallest absolute Gasteiger partial charge is 0.303 e. The van der Waals surface area contributed by atoms with Crippen LogP contribution in [0.15, 0.2) is 18.2 Å². The number of carbonyl (C=O) groups excluding carboxylic acids is 1. The second kappa shape index (κ2) is 7.22. The molecular weight excluding hydrogens is 280 g/mol. The summed E-state index contributed by atoms with van der Waals surface area (Å²) < 4.78 is 5.02. The number of aliphatic carboxylic acids is 1. The monoisotopic (exact) mass is 296 g/mol. The summed E-state index contributed by atoms with van der Waals surface area (Å²) in [5.74, 6) is -1.46. The third-order valence-corrected chi connectivity index (χ3v) is 2.72. The molecule has 1 rings (SSSR count). The zero-order valence-corrected chi connectivity index (χ0v) is 11.7. The van der Waals surface area contributed by atoms with Crippen molar-refractivity contribution in [1.82, 2.24) is 0 Å². The first kappa shape index (κ1) is 16.4. The number of hydrogen-bond donors (Lipinski definition) is 2. The number of nitro groups is 1. The molecule has 0 saturated heterocycles. The molecule has 1 amide bonds. The highest BCUT2D eigenvalue weighted by Crippen LogP contribution is 2.29. The molecule has 0 aliphatic rings. The molecule has 8 nitrogen and oxygen atoms in total. The van der Waals surface area contributed by atoms with Crippen molar-refractivity contribution in [3.63, 3.8) is 0 Å². The molecular formula is C13H16N2O6. The van der Waals surface area contributed by atoms with E-state index >= 15 is 0 Å². The van der Waals surface area contributed by atoms with E-state index in [-0.39, 0.29) is 30.1 Å². The van der Waals surface area contributed by atoms with E-state index < -0.39 is 16.8 Å². The molecule has 8 heteroatoms. The van der Waals surface area contributed by atoms with Crippen molar-refractivity contribution >= 4 is 23.3 Å². The molecule has 0 heterocycles. The van der Waals surface area contributed by atoms with Gasteiger partial charge >= 0.3 is 5.97 Å². The average molecular weight is 296 g/mol. The van der Waals surface area contributed by atoms with Gasteiger partial charge in [0.2, 0.25) is 5.91 Å². The van der Waals surface area contributed by atoms with E-state index in [4.69, 9.17) is 9.84 Å². The fourth-order valence-electron chi connectivity index (χ4n) is 1.80. The van der Waals surface area contributed by atoms with Gasteiger partial charge in [0.15, 0.2) is 0 Å². The number of amides is 1. The number of benzene rings is 1. The van der Waals surface area contributed by atoms with E-state index in [1.807, 2.05) is 0 Å². The number of carbonyl (C=O) groups is 2. The molecule has 1 aromatic rings. The Kier molecular flexibility index (Phi) is 5.65. The number of nitrogens with one attached hydrogen (secondary N) is 1. The van der Waals surface area contributed by atoms with Crippen molar-refractivity contribution in [2.45, 2.75) is 19.8 Å². The molecule has 0 bridgehead atoms. The molecule has 0 spiro atoms. The van der Waals surface area contributed by atoms with Crippen LogP contribution in [0.4, 0.5) is 11.4 Å². The summed E-state index contributed by atoms with van der Waals surface area (Å²) >= 11 is 0. The standard InChI is InChI=1S/C13H16N2O6/c1-8(6-13(17)18)5-12(16)14-10-7-9(15(19)20)3-4-11(10)21-2/h3-4,7-8H,5-6H2,1-2H3,(H,14,16)(H,17,18). The predicted octanol–water partition coefficient (Wildman–Crippen LogP) is 2.04. The van der Waals surface area contributed by atoms with Crippen LogP contribution in [0.2, 0.25) is 0 Å². The molecule has 2 N–H and O–H groups in total. The fourth-order valence-corrected chi connectivity index (χ4v) is 1.80. The maximum atomic E-state index is 11.8. The van der Waals surface area contributed by atoms with Gasteiger partial charge in [-0.05, 0) is 12.0 Å². The van der Waals surface area contributed by atoms with Crippen molar-refractivity contribution < 1.29 is 24.4 Å². The van der Waals surface area contributed by atoms with Gasteiger partial charge in [0, 0.05) is 25.0 Å². The predicted molar refractivity (Wildman–Crippen MR) is 74.3 cm³/mol. The third kappa shape index (κ3) is 5.09. The lowest BCUT2D eigenvalue weighted by atomic mass is 10.0. The number of anilines is 1. The number of carboxylic acids is 1. The van der Waals surface area contributed by atoms with Crippen LogP contribution in [0, 0.1) is 16.0 Å². The molecule has 1 aromatic carbocycles. The number of nitrogens with zero attached hydrogens (tertiary/aromatic N) is 1. The van der Waals surface area contributed by atoms with Crippen molar-refractivity contribution in [3.05, 3.63) is 28.3 Å². The highest BCUT2D eigenvalue weighted by Gasteiger charge is 2.16. The third-order valence-electron chi connectivity index (χ3n) is 2.72. The van der Waals surface area contributed by atoms with Crippen LogP contribution >= 0.6 is 0 Å². The molecule has 1 unspecified atom stereocenters. The second-order valence-electron chi connectivity index (χ2n) is 4.60. The Morgan fingerprint density at radius 1 is 1.43 bits per heavy atom. The first-order valence-electron chi connectivity index (χ1n) is 6.17. The van der Waals surface area contributed by atoms with Gasteiger partial charge in [0.1, 0.15) is 5.75 Å². The minimum atomic E-state index is -0.983. The summed E-state index contributed by atoms with van der Waals surface area (Å²) in [5, 5.41) is 21.9. The highest BCUT2D eigenvalue weighted by molar-refractivity contribution is 5.93. The molecule has 0 radical (unpaired) electrons. The first-order valence-corrected chi connectivity index (χ1v) is 6.17. The topological polar surface area (TPSA) is 119 Å². The van der Waals surface area contributed by atoms with Crippen molar-refractivity contribution in [1.29, 1.82) is 0 Å². The van der Waals surface area contributed by atoms with Crippen LogP contribution in [0.25, 0.3) is 0 Å². The van der Waals surface area contributed by atoms with Gasteiger partial charge < -0.3 is 15.2 Å². The normalized spacial score (nSPS) is 11.5. The van der Waals surface area contributed by atoms with E-state index in [0.717, 1.165) is 0 Å². The van der Waals surface area contributed by atoms with Crippen molar-refractivity contribution in [2.24, 2.45) is 5.92 Å². The number of hydrogen-bond acceptors (Lipinski definition) is 5. The van der Waals surface area contributed by atoms with Gasteiger partial charge in [-0.2, -0.15) is 0 Å². The summed E-state index contributed by atoms with van der Waals surface area (Å²) in [4.78, 5) is 32.5. The largest absolute Gasteiger partial charge is 0.495 e. The van der Waals surface area contributed by atoms with E-state index in [0.29, 0.717) is 5.75 Å². The lowest BCUT2D eigenvalue weighted by molar-refractivity contribution is -0.384. The first-order chi connectivity index (χ1) is 9.83. The van der Waals surface area contributed by atoms with Gasteiger partial charge in [-0.25, -0.2) is 0 Å². The zero-order chi connectivity index (χ0) is 16.0. The van der Waals surface area contributed by atoms with Crippen LogP contribution < -0.4 is 10.1 Å². The SMILES string of the molecule is COc1ccc([N+](=O)[O-])cc1NC(=O)CC(C)CC(=O)O. The second-order valence-corrected chi connectivity index (χ2v) is 4.60. The Morgan fingerprint density at radius 3 is 2.62 bits per heavy atom.